The highest BCUT2D eigenvalue weighted by molar-refractivity contribution is 5.38. The fourth-order valence-corrected chi connectivity index (χ4v) is 2.36. The van der Waals surface area contributed by atoms with Crippen molar-refractivity contribution in [2.75, 3.05) is 0 Å². The minimum absolute atomic E-state index is 0.176. The minimum atomic E-state index is -0.571. The van der Waals surface area contributed by atoms with E-state index in [1.807, 2.05) is 49.4 Å². The topological polar surface area (TPSA) is 29.5 Å². The van der Waals surface area contributed by atoms with Crippen molar-refractivity contribution in [2.24, 2.45) is 0 Å². The second kappa shape index (κ2) is 4.46. The second-order valence-electron chi connectivity index (χ2n) is 4.82. The number of para-hydroxylation sites is 1. The molecule has 0 saturated carbocycles. The van der Waals surface area contributed by atoms with Gasteiger partial charge < -0.3 is 9.84 Å². The van der Waals surface area contributed by atoms with Gasteiger partial charge >= 0.3 is 0 Å². The Labute approximate surface area is 107 Å². The van der Waals surface area contributed by atoms with Crippen LogP contribution in [0.15, 0.2) is 48.5 Å². The maximum Gasteiger partial charge on any atom is 0.133 e. The summed E-state index contributed by atoms with van der Waals surface area (Å²) in [4.78, 5) is 0. The first kappa shape index (κ1) is 11.3. The predicted molar refractivity (Wildman–Crippen MR) is 70.7 cm³/mol. The molecular formula is C16H16O2. The van der Waals surface area contributed by atoms with Gasteiger partial charge in [-0.2, -0.15) is 0 Å². The van der Waals surface area contributed by atoms with Gasteiger partial charge in [-0.15, -0.1) is 0 Å². The molecule has 2 nitrogen and oxygen atoms in total. The van der Waals surface area contributed by atoms with E-state index >= 15 is 0 Å². The van der Waals surface area contributed by atoms with Crippen LogP contribution in [0.4, 0.5) is 0 Å². The highest BCUT2D eigenvalue weighted by Crippen LogP contribution is 2.33. The van der Waals surface area contributed by atoms with E-state index in [4.69, 9.17) is 4.74 Å². The van der Waals surface area contributed by atoms with Crippen LogP contribution in [-0.2, 0) is 6.42 Å². The molecule has 92 valence electrons. The lowest BCUT2D eigenvalue weighted by atomic mass is 9.99. The molecule has 0 saturated heterocycles. The van der Waals surface area contributed by atoms with Gasteiger partial charge in [0.25, 0.3) is 0 Å². The van der Waals surface area contributed by atoms with Gasteiger partial charge in [-0.05, 0) is 24.1 Å². The average molecular weight is 240 g/mol. The molecule has 0 spiro atoms. The largest absolute Gasteiger partial charge is 0.487 e. The van der Waals surface area contributed by atoms with E-state index in [2.05, 4.69) is 6.07 Å². The first-order valence-electron chi connectivity index (χ1n) is 6.23. The number of hydrogen-bond donors (Lipinski definition) is 1. The van der Waals surface area contributed by atoms with Crippen LogP contribution in [0.1, 0.15) is 22.8 Å². The molecule has 0 aromatic heterocycles. The molecule has 0 fully saturated rings. The number of hydrogen-bond acceptors (Lipinski definition) is 2. The molecule has 1 aliphatic heterocycles. The van der Waals surface area contributed by atoms with E-state index in [9.17, 15) is 5.11 Å². The van der Waals surface area contributed by atoms with Crippen LogP contribution in [-0.4, -0.2) is 11.2 Å². The predicted octanol–water partition coefficient (Wildman–Crippen LogP) is 3.03. The normalized spacial score (nSPS) is 19.1. The van der Waals surface area contributed by atoms with Gasteiger partial charge in [0.1, 0.15) is 18.0 Å². The quantitative estimate of drug-likeness (QED) is 0.874. The Balaban J connectivity index is 1.80. The van der Waals surface area contributed by atoms with E-state index < -0.39 is 6.10 Å². The van der Waals surface area contributed by atoms with Gasteiger partial charge in [0.2, 0.25) is 0 Å². The Kier molecular flexibility index (Phi) is 2.80. The Morgan fingerprint density at radius 2 is 1.83 bits per heavy atom. The summed E-state index contributed by atoms with van der Waals surface area (Å²) in [6.07, 6.45) is 0.0219. The number of ether oxygens (including phenoxy) is 1. The van der Waals surface area contributed by atoms with Crippen LogP contribution < -0.4 is 4.74 Å². The molecule has 0 radical (unpaired) electrons. The number of fused-ring (bicyclic) bond motifs is 1. The summed E-state index contributed by atoms with van der Waals surface area (Å²) in [5.74, 6) is 0.897. The molecule has 2 aromatic rings. The first-order chi connectivity index (χ1) is 8.74. The van der Waals surface area contributed by atoms with Gasteiger partial charge in [-0.25, -0.2) is 0 Å². The summed E-state index contributed by atoms with van der Waals surface area (Å²) in [6, 6.07) is 15.9. The third kappa shape index (κ3) is 2.00. The standard InChI is InChI=1S/C16H16O2/c1-11-6-8-12(9-7-11)16(17)15-10-13-4-2-3-5-14(13)18-15/h2-9,15-17H,10H2,1H3. The van der Waals surface area contributed by atoms with Gasteiger partial charge in [0, 0.05) is 6.42 Å². The van der Waals surface area contributed by atoms with Crippen LogP contribution in [0, 0.1) is 6.92 Å². The second-order valence-corrected chi connectivity index (χ2v) is 4.82. The van der Waals surface area contributed by atoms with Crippen molar-refractivity contribution in [3.63, 3.8) is 0 Å². The van der Waals surface area contributed by atoms with Crippen molar-refractivity contribution in [1.29, 1.82) is 0 Å². The van der Waals surface area contributed by atoms with Crippen LogP contribution in [0.2, 0.25) is 0 Å². The fraction of sp³-hybridized carbons (Fsp3) is 0.250. The number of aliphatic hydroxyl groups excluding tert-OH is 1. The van der Waals surface area contributed by atoms with Crippen LogP contribution >= 0.6 is 0 Å². The molecule has 2 atom stereocenters. The van der Waals surface area contributed by atoms with Crippen molar-refractivity contribution in [1.82, 2.24) is 0 Å². The van der Waals surface area contributed by atoms with E-state index in [1.54, 1.807) is 0 Å². The third-order valence-corrected chi connectivity index (χ3v) is 3.44. The van der Waals surface area contributed by atoms with Crippen molar-refractivity contribution in [3.8, 4) is 5.75 Å². The molecule has 1 aliphatic rings. The van der Waals surface area contributed by atoms with E-state index in [-0.39, 0.29) is 6.10 Å². The molecular weight excluding hydrogens is 224 g/mol. The number of benzene rings is 2. The molecule has 1 N–H and O–H groups in total. The zero-order valence-electron chi connectivity index (χ0n) is 10.3. The van der Waals surface area contributed by atoms with Gasteiger partial charge in [-0.3, -0.25) is 0 Å². The van der Waals surface area contributed by atoms with E-state index in [1.165, 1.54) is 11.1 Å². The lowest BCUT2D eigenvalue weighted by Crippen LogP contribution is -2.23. The summed E-state index contributed by atoms with van der Waals surface area (Å²) < 4.78 is 5.80. The Morgan fingerprint density at radius 1 is 1.11 bits per heavy atom. The fourth-order valence-electron chi connectivity index (χ4n) is 2.36. The van der Waals surface area contributed by atoms with E-state index in [0.717, 1.165) is 17.7 Å². The number of rotatable bonds is 2. The summed E-state index contributed by atoms with van der Waals surface area (Å²) in [5, 5.41) is 10.4. The van der Waals surface area contributed by atoms with Crippen molar-refractivity contribution < 1.29 is 9.84 Å². The minimum Gasteiger partial charge on any atom is -0.487 e. The molecule has 2 unspecified atom stereocenters. The SMILES string of the molecule is Cc1ccc(C(O)C2Cc3ccccc3O2)cc1. The summed E-state index contributed by atoms with van der Waals surface area (Å²) in [6.45, 7) is 2.04. The van der Waals surface area contributed by atoms with Crippen molar-refractivity contribution in [2.45, 2.75) is 25.6 Å². The molecule has 2 aromatic carbocycles. The highest BCUT2D eigenvalue weighted by atomic mass is 16.5. The van der Waals surface area contributed by atoms with Crippen LogP contribution in [0.25, 0.3) is 0 Å². The van der Waals surface area contributed by atoms with Crippen LogP contribution in [0.5, 0.6) is 5.75 Å². The molecule has 2 heteroatoms. The van der Waals surface area contributed by atoms with Crippen LogP contribution in [0.3, 0.4) is 0 Å². The maximum atomic E-state index is 10.4. The van der Waals surface area contributed by atoms with E-state index in [0.29, 0.717) is 0 Å². The summed E-state index contributed by atoms with van der Waals surface area (Å²) in [5.41, 5.74) is 3.29. The third-order valence-electron chi connectivity index (χ3n) is 3.44. The Hall–Kier alpha value is -1.80. The smallest absolute Gasteiger partial charge is 0.133 e. The molecule has 3 rings (SSSR count). The molecule has 0 bridgehead atoms. The Morgan fingerprint density at radius 3 is 2.56 bits per heavy atom. The molecule has 1 heterocycles. The molecule has 0 amide bonds. The maximum absolute atomic E-state index is 10.4. The number of aryl methyl sites for hydroxylation is 1. The Bertz CT molecular complexity index is 520. The first-order valence-corrected chi connectivity index (χ1v) is 6.23. The van der Waals surface area contributed by atoms with Gasteiger partial charge in [-0.1, -0.05) is 48.0 Å². The summed E-state index contributed by atoms with van der Waals surface area (Å²) in [7, 11) is 0. The molecule has 18 heavy (non-hydrogen) atoms. The highest BCUT2D eigenvalue weighted by Gasteiger charge is 2.29. The lowest BCUT2D eigenvalue weighted by molar-refractivity contribution is 0.0492. The zero-order chi connectivity index (χ0) is 12.5. The average Bonchev–Trinajstić information content (AvgIpc) is 2.82. The van der Waals surface area contributed by atoms with Gasteiger partial charge in [0.05, 0.1) is 0 Å². The summed E-state index contributed by atoms with van der Waals surface area (Å²) >= 11 is 0. The number of aliphatic hydroxyl groups is 1. The zero-order valence-corrected chi connectivity index (χ0v) is 10.3. The van der Waals surface area contributed by atoms with Gasteiger partial charge in [0.15, 0.2) is 0 Å². The lowest BCUT2D eigenvalue weighted by Gasteiger charge is -2.18. The molecule has 0 aliphatic carbocycles. The van der Waals surface area contributed by atoms with Crippen molar-refractivity contribution >= 4 is 0 Å². The van der Waals surface area contributed by atoms with Crippen molar-refractivity contribution in [3.05, 3.63) is 65.2 Å². The monoisotopic (exact) mass is 240 g/mol.